The molecule has 0 saturated carbocycles. The Kier molecular flexibility index (Phi) is 5.80. The maximum atomic E-state index is 13.4. The molecule has 3 nitrogen and oxygen atoms in total. The van der Waals surface area contributed by atoms with Gasteiger partial charge in [-0.1, -0.05) is 6.07 Å². The number of nitrogens with zero attached hydrogens (tertiary/aromatic N) is 2. The minimum absolute atomic E-state index is 0.0154. The van der Waals surface area contributed by atoms with E-state index >= 15 is 0 Å². The van der Waals surface area contributed by atoms with Gasteiger partial charge in [0.2, 0.25) is 0 Å². The Labute approximate surface area is 194 Å². The first kappa shape index (κ1) is 25.2. The monoisotopic (exact) mass is 510 g/mol. The Bertz CT molecular complexity index is 1120. The van der Waals surface area contributed by atoms with E-state index in [1.807, 2.05) is 0 Å². The minimum atomic E-state index is -5.05. The van der Waals surface area contributed by atoms with Gasteiger partial charge in [0.05, 0.1) is 34.8 Å². The summed E-state index contributed by atoms with van der Waals surface area (Å²) >= 11 is 0. The number of aryl methyl sites for hydroxylation is 1. The number of carbonyl (C=O) groups is 1. The molecule has 2 aliphatic rings. The number of likely N-dealkylation sites (N-methyl/N-ethyl adjacent to an activating group) is 1. The molecule has 2 fully saturated rings. The van der Waals surface area contributed by atoms with Crippen LogP contribution in [0.15, 0.2) is 36.4 Å². The highest BCUT2D eigenvalue weighted by molar-refractivity contribution is 5.79. The number of halogens is 9. The molecule has 190 valence electrons. The van der Waals surface area contributed by atoms with Gasteiger partial charge in [-0.15, -0.1) is 0 Å². The van der Waals surface area contributed by atoms with Crippen molar-refractivity contribution in [2.24, 2.45) is 0 Å². The van der Waals surface area contributed by atoms with Gasteiger partial charge in [0.1, 0.15) is 0 Å². The van der Waals surface area contributed by atoms with Crippen LogP contribution in [-0.4, -0.2) is 28.9 Å². The second-order valence-corrected chi connectivity index (χ2v) is 8.81. The van der Waals surface area contributed by atoms with Crippen molar-refractivity contribution < 1.29 is 44.3 Å². The summed E-state index contributed by atoms with van der Waals surface area (Å²) in [6, 6.07) is 0.907. The number of alkyl halides is 9. The van der Waals surface area contributed by atoms with Crippen LogP contribution in [0.25, 0.3) is 0 Å². The third kappa shape index (κ3) is 4.42. The fourth-order valence-electron chi connectivity index (χ4n) is 5.06. The summed E-state index contributed by atoms with van der Waals surface area (Å²) in [6.45, 7) is 1.58. The standard InChI is InChI=1S/C23H19F9N2O/c1-11-3-4-13(21(24,25)26)10-16(11)17-5-6-18-19(33(2)20(35)34(17)18)12-7-14(22(27,28)29)9-15(8-12)23(30,31)32/h3-4,7-10,17-19H,5-6H2,1-2H3/t17-,18-,19+/m0/s1. The third-order valence-electron chi connectivity index (χ3n) is 6.65. The van der Waals surface area contributed by atoms with Gasteiger partial charge in [-0.25, -0.2) is 4.79 Å². The van der Waals surface area contributed by atoms with Crippen molar-refractivity contribution in [2.45, 2.75) is 56.4 Å². The summed E-state index contributed by atoms with van der Waals surface area (Å²) in [6.07, 6.45) is -14.3. The Morgan fingerprint density at radius 2 is 1.31 bits per heavy atom. The van der Waals surface area contributed by atoms with Gasteiger partial charge in [-0.2, -0.15) is 39.5 Å². The van der Waals surface area contributed by atoms with Crippen molar-refractivity contribution in [3.63, 3.8) is 0 Å². The molecule has 2 aliphatic heterocycles. The van der Waals surface area contributed by atoms with Crippen LogP contribution in [0.5, 0.6) is 0 Å². The van der Waals surface area contributed by atoms with Crippen molar-refractivity contribution in [1.29, 1.82) is 0 Å². The van der Waals surface area contributed by atoms with Gasteiger partial charge in [-0.3, -0.25) is 0 Å². The van der Waals surface area contributed by atoms with Crippen LogP contribution >= 0.6 is 0 Å². The molecule has 12 heteroatoms. The molecule has 0 aromatic heterocycles. The van der Waals surface area contributed by atoms with Crippen LogP contribution < -0.4 is 0 Å². The predicted octanol–water partition coefficient (Wildman–Crippen LogP) is 7.36. The molecule has 3 atom stereocenters. The number of urea groups is 1. The highest BCUT2D eigenvalue weighted by Gasteiger charge is 2.52. The second kappa shape index (κ2) is 8.06. The summed E-state index contributed by atoms with van der Waals surface area (Å²) in [5.41, 5.74) is -3.51. The van der Waals surface area contributed by atoms with Crippen molar-refractivity contribution in [1.82, 2.24) is 9.80 Å². The van der Waals surface area contributed by atoms with Crippen LogP contribution in [0.4, 0.5) is 44.3 Å². The summed E-state index contributed by atoms with van der Waals surface area (Å²) < 4.78 is 120. The molecule has 0 spiro atoms. The lowest BCUT2D eigenvalue weighted by Gasteiger charge is -2.26. The number of rotatable bonds is 2. The quantitative estimate of drug-likeness (QED) is 0.387. The second-order valence-electron chi connectivity index (χ2n) is 8.81. The Morgan fingerprint density at radius 3 is 1.83 bits per heavy atom. The van der Waals surface area contributed by atoms with Crippen LogP contribution in [0, 0.1) is 6.92 Å². The molecule has 0 radical (unpaired) electrons. The van der Waals surface area contributed by atoms with E-state index < -0.39 is 59.4 Å². The van der Waals surface area contributed by atoms with Crippen molar-refractivity contribution in [3.05, 3.63) is 69.8 Å². The number of hydrogen-bond donors (Lipinski definition) is 0. The molecular formula is C23H19F9N2O. The molecule has 35 heavy (non-hydrogen) atoms. The SMILES string of the molecule is Cc1ccc(C(F)(F)F)cc1[C@@H]1CC[C@H]2[C@@H](c3cc(C(F)(F)F)cc(C(F)(F)F)c3)N(C)C(=O)N12. The highest BCUT2D eigenvalue weighted by Crippen LogP contribution is 2.50. The van der Waals surface area contributed by atoms with Crippen molar-refractivity contribution >= 4 is 6.03 Å². The molecule has 4 rings (SSSR count). The van der Waals surface area contributed by atoms with Crippen molar-refractivity contribution in [3.8, 4) is 0 Å². The zero-order valence-corrected chi connectivity index (χ0v) is 18.3. The van der Waals surface area contributed by atoms with E-state index in [-0.39, 0.29) is 30.0 Å². The predicted molar refractivity (Wildman–Crippen MR) is 106 cm³/mol. The molecule has 0 unspecified atom stereocenters. The molecule has 2 amide bonds. The van der Waals surface area contributed by atoms with Gasteiger partial charge in [-0.05, 0) is 66.8 Å². The summed E-state index contributed by atoms with van der Waals surface area (Å²) in [7, 11) is 1.26. The van der Waals surface area contributed by atoms with E-state index in [0.717, 1.165) is 17.0 Å². The molecular weight excluding hydrogens is 491 g/mol. The van der Waals surface area contributed by atoms with E-state index in [2.05, 4.69) is 0 Å². The molecule has 2 saturated heterocycles. The van der Waals surface area contributed by atoms with Gasteiger partial charge < -0.3 is 9.80 Å². The average Bonchev–Trinajstić information content (AvgIpc) is 3.25. The minimum Gasteiger partial charge on any atom is -0.319 e. The Balaban J connectivity index is 1.77. The van der Waals surface area contributed by atoms with Crippen LogP contribution in [0.3, 0.4) is 0 Å². The lowest BCUT2D eigenvalue weighted by molar-refractivity contribution is -0.143. The molecule has 2 aromatic rings. The lowest BCUT2D eigenvalue weighted by Crippen LogP contribution is -2.32. The molecule has 0 bridgehead atoms. The van der Waals surface area contributed by atoms with Crippen molar-refractivity contribution in [2.75, 3.05) is 7.05 Å². The summed E-state index contributed by atoms with van der Waals surface area (Å²) in [4.78, 5) is 15.4. The first-order valence-electron chi connectivity index (χ1n) is 10.5. The number of carbonyl (C=O) groups excluding carboxylic acids is 1. The van der Waals surface area contributed by atoms with E-state index in [9.17, 15) is 44.3 Å². The topological polar surface area (TPSA) is 23.6 Å². The molecule has 0 N–H and O–H groups in total. The highest BCUT2D eigenvalue weighted by atomic mass is 19.4. The van der Waals surface area contributed by atoms with Gasteiger partial charge in [0.25, 0.3) is 0 Å². The first-order chi connectivity index (χ1) is 16.0. The van der Waals surface area contributed by atoms with E-state index in [1.165, 1.54) is 18.0 Å². The molecule has 2 aromatic carbocycles. The van der Waals surface area contributed by atoms with E-state index in [4.69, 9.17) is 0 Å². The zero-order chi connectivity index (χ0) is 26.1. The summed E-state index contributed by atoms with van der Waals surface area (Å²) in [5.74, 6) is 0. The maximum absolute atomic E-state index is 13.4. The zero-order valence-electron chi connectivity index (χ0n) is 18.3. The fraction of sp³-hybridized carbons (Fsp3) is 0.435. The molecule has 2 heterocycles. The smallest absolute Gasteiger partial charge is 0.319 e. The van der Waals surface area contributed by atoms with E-state index in [1.54, 1.807) is 6.92 Å². The number of hydrogen-bond acceptors (Lipinski definition) is 1. The fourth-order valence-corrected chi connectivity index (χ4v) is 5.06. The maximum Gasteiger partial charge on any atom is 0.416 e. The van der Waals surface area contributed by atoms with Crippen LogP contribution in [0.2, 0.25) is 0 Å². The normalized spacial score (nSPS) is 23.3. The number of fused-ring (bicyclic) bond motifs is 1. The number of amides is 2. The van der Waals surface area contributed by atoms with Gasteiger partial charge in [0.15, 0.2) is 0 Å². The Hall–Kier alpha value is -2.92. The lowest BCUT2D eigenvalue weighted by atomic mass is 9.93. The third-order valence-corrected chi connectivity index (χ3v) is 6.65. The Morgan fingerprint density at radius 1 is 0.771 bits per heavy atom. The van der Waals surface area contributed by atoms with Gasteiger partial charge in [0, 0.05) is 7.05 Å². The van der Waals surface area contributed by atoms with E-state index in [0.29, 0.717) is 17.7 Å². The number of benzene rings is 2. The first-order valence-corrected chi connectivity index (χ1v) is 10.5. The van der Waals surface area contributed by atoms with Crippen LogP contribution in [-0.2, 0) is 18.5 Å². The van der Waals surface area contributed by atoms with Gasteiger partial charge >= 0.3 is 24.6 Å². The molecule has 0 aliphatic carbocycles. The van der Waals surface area contributed by atoms with Crippen LogP contribution in [0.1, 0.15) is 58.3 Å². The summed E-state index contributed by atoms with van der Waals surface area (Å²) in [5, 5.41) is 0. The average molecular weight is 510 g/mol. The largest absolute Gasteiger partial charge is 0.416 e.